The van der Waals surface area contributed by atoms with E-state index in [1.54, 1.807) is 0 Å². The molecule has 0 aromatic rings. The molecule has 2 aliphatic heterocycles. The van der Waals surface area contributed by atoms with Crippen LogP contribution in [0.1, 0.15) is 52.4 Å². The molecule has 0 aromatic carbocycles. The number of aliphatic hydroxyl groups excluding tert-OH is 2. The maximum atomic E-state index is 9.71. The highest BCUT2D eigenvalue weighted by Crippen LogP contribution is 2.45. The molecule has 21 heavy (non-hydrogen) atoms. The van der Waals surface area contributed by atoms with Gasteiger partial charge in [-0.2, -0.15) is 0 Å². The van der Waals surface area contributed by atoms with E-state index in [2.05, 4.69) is 18.2 Å². The van der Waals surface area contributed by atoms with Crippen molar-refractivity contribution in [2.45, 2.75) is 76.8 Å². The number of ether oxygens (including phenoxy) is 1. The van der Waals surface area contributed by atoms with Crippen molar-refractivity contribution in [1.29, 1.82) is 0 Å². The molecule has 0 saturated carbocycles. The van der Waals surface area contributed by atoms with Crippen LogP contribution in [0.25, 0.3) is 0 Å². The van der Waals surface area contributed by atoms with Gasteiger partial charge < -0.3 is 14.9 Å². The predicted molar refractivity (Wildman–Crippen MR) is 85.0 cm³/mol. The Kier molecular flexibility index (Phi) is 6.46. The van der Waals surface area contributed by atoms with Crippen LogP contribution < -0.4 is 0 Å². The molecular weight excluding hydrogens is 264 g/mol. The summed E-state index contributed by atoms with van der Waals surface area (Å²) in [6.07, 6.45) is 14.2. The lowest BCUT2D eigenvalue weighted by atomic mass is 9.77. The molecule has 6 atom stereocenters. The molecule has 3 nitrogen and oxygen atoms in total. The Bertz CT molecular complexity index is 363. The molecule has 3 heteroatoms. The van der Waals surface area contributed by atoms with Crippen molar-refractivity contribution >= 4 is 0 Å². The standard InChI is InChI=1S/C18H30O3/c1-3-13(19)7-5-6-8-15-16(10-9-14(20)4-2)18-12-11-17(15)21-18/h5-6,9-10,13-20H,3-4,7-8,11-12H2,1-2H3/b6-5-,10-9+/t13-,14?,15-,16?,17-,18+/m1/s1. The highest BCUT2D eigenvalue weighted by atomic mass is 16.5. The molecule has 2 bridgehead atoms. The minimum Gasteiger partial charge on any atom is -0.393 e. The molecule has 0 amide bonds. The zero-order chi connectivity index (χ0) is 15.2. The minimum atomic E-state index is -0.333. The number of hydrogen-bond donors (Lipinski definition) is 2. The van der Waals surface area contributed by atoms with Crippen LogP contribution in [0.15, 0.2) is 24.3 Å². The normalized spacial score (nSPS) is 35.0. The van der Waals surface area contributed by atoms with Crippen LogP contribution in [0.5, 0.6) is 0 Å². The van der Waals surface area contributed by atoms with E-state index in [4.69, 9.17) is 4.74 Å². The predicted octanol–water partition coefficient (Wildman–Crippen LogP) is 3.21. The van der Waals surface area contributed by atoms with Crippen molar-refractivity contribution in [3.8, 4) is 0 Å². The lowest BCUT2D eigenvalue weighted by Gasteiger charge is -2.24. The summed E-state index contributed by atoms with van der Waals surface area (Å²) in [6.45, 7) is 3.99. The van der Waals surface area contributed by atoms with E-state index in [0.717, 1.165) is 32.1 Å². The van der Waals surface area contributed by atoms with Crippen LogP contribution in [0, 0.1) is 11.8 Å². The minimum absolute atomic E-state index is 0.215. The molecule has 2 aliphatic rings. The SMILES string of the molecule is CCC(O)/C=C/C1[C@@H]2CC[C@@H](O2)[C@@H]1C/C=C\C[C@H](O)CC. The van der Waals surface area contributed by atoms with Crippen LogP contribution >= 0.6 is 0 Å². The van der Waals surface area contributed by atoms with Gasteiger partial charge in [-0.25, -0.2) is 0 Å². The van der Waals surface area contributed by atoms with Gasteiger partial charge in [0.15, 0.2) is 0 Å². The third-order valence-corrected chi connectivity index (χ3v) is 4.91. The third kappa shape index (κ3) is 4.41. The molecule has 2 heterocycles. The summed E-state index contributed by atoms with van der Waals surface area (Å²) < 4.78 is 6.05. The van der Waals surface area contributed by atoms with Crippen LogP contribution in [0.2, 0.25) is 0 Å². The average Bonchev–Trinajstić information content (AvgIpc) is 3.10. The largest absolute Gasteiger partial charge is 0.393 e. The Labute approximate surface area is 128 Å². The zero-order valence-corrected chi connectivity index (χ0v) is 13.3. The second kappa shape index (κ2) is 8.11. The van der Waals surface area contributed by atoms with Gasteiger partial charge in [-0.15, -0.1) is 0 Å². The van der Waals surface area contributed by atoms with Gasteiger partial charge in [0.1, 0.15) is 0 Å². The number of allylic oxidation sites excluding steroid dienone is 1. The summed E-state index contributed by atoms with van der Waals surface area (Å²) in [4.78, 5) is 0. The number of hydrogen-bond acceptors (Lipinski definition) is 3. The topological polar surface area (TPSA) is 49.7 Å². The van der Waals surface area contributed by atoms with Crippen molar-refractivity contribution < 1.29 is 14.9 Å². The summed E-state index contributed by atoms with van der Waals surface area (Å²) in [6, 6.07) is 0. The highest BCUT2D eigenvalue weighted by molar-refractivity contribution is 5.08. The van der Waals surface area contributed by atoms with Gasteiger partial charge in [0.2, 0.25) is 0 Å². The average molecular weight is 294 g/mol. The Morgan fingerprint density at radius 1 is 1.10 bits per heavy atom. The molecule has 0 radical (unpaired) electrons. The van der Waals surface area contributed by atoms with E-state index in [1.807, 2.05) is 19.9 Å². The van der Waals surface area contributed by atoms with Crippen molar-refractivity contribution in [2.75, 3.05) is 0 Å². The van der Waals surface area contributed by atoms with Gasteiger partial charge in [-0.05, 0) is 44.4 Å². The van der Waals surface area contributed by atoms with E-state index in [1.165, 1.54) is 6.42 Å². The molecule has 2 unspecified atom stereocenters. The van der Waals surface area contributed by atoms with Gasteiger partial charge in [0.25, 0.3) is 0 Å². The van der Waals surface area contributed by atoms with Crippen LogP contribution in [-0.2, 0) is 4.74 Å². The van der Waals surface area contributed by atoms with Crippen LogP contribution in [0.3, 0.4) is 0 Å². The van der Waals surface area contributed by atoms with Gasteiger partial charge >= 0.3 is 0 Å². The Morgan fingerprint density at radius 2 is 1.86 bits per heavy atom. The Balaban J connectivity index is 1.88. The maximum absolute atomic E-state index is 9.71. The first-order valence-corrected chi connectivity index (χ1v) is 8.50. The summed E-state index contributed by atoms with van der Waals surface area (Å²) >= 11 is 0. The van der Waals surface area contributed by atoms with Gasteiger partial charge in [-0.1, -0.05) is 38.2 Å². The fraction of sp³-hybridized carbons (Fsp3) is 0.778. The van der Waals surface area contributed by atoms with E-state index < -0.39 is 0 Å². The van der Waals surface area contributed by atoms with E-state index in [9.17, 15) is 10.2 Å². The first-order chi connectivity index (χ1) is 10.2. The highest BCUT2D eigenvalue weighted by Gasteiger charge is 2.46. The molecular formula is C18H30O3. The number of fused-ring (bicyclic) bond motifs is 2. The Hall–Kier alpha value is -0.640. The molecule has 2 N–H and O–H groups in total. The fourth-order valence-electron chi connectivity index (χ4n) is 3.45. The molecule has 0 spiro atoms. The summed E-state index contributed by atoms with van der Waals surface area (Å²) in [7, 11) is 0. The second-order valence-electron chi connectivity index (χ2n) is 6.40. The third-order valence-electron chi connectivity index (χ3n) is 4.91. The van der Waals surface area contributed by atoms with Crippen molar-refractivity contribution in [3.05, 3.63) is 24.3 Å². The van der Waals surface area contributed by atoms with Gasteiger partial charge in [0, 0.05) is 5.92 Å². The quantitative estimate of drug-likeness (QED) is 0.676. The summed E-state index contributed by atoms with van der Waals surface area (Å²) in [5.74, 6) is 0.963. The van der Waals surface area contributed by atoms with E-state index in [-0.39, 0.29) is 12.2 Å². The lowest BCUT2D eigenvalue weighted by molar-refractivity contribution is 0.0899. The Morgan fingerprint density at radius 3 is 2.57 bits per heavy atom. The summed E-state index contributed by atoms with van der Waals surface area (Å²) in [5.41, 5.74) is 0. The van der Waals surface area contributed by atoms with Gasteiger partial charge in [-0.3, -0.25) is 0 Å². The van der Waals surface area contributed by atoms with Crippen molar-refractivity contribution in [1.82, 2.24) is 0 Å². The first kappa shape index (κ1) is 16.7. The van der Waals surface area contributed by atoms with Gasteiger partial charge in [0.05, 0.1) is 24.4 Å². The molecule has 2 fully saturated rings. The van der Waals surface area contributed by atoms with Crippen molar-refractivity contribution in [3.63, 3.8) is 0 Å². The molecule has 0 aliphatic carbocycles. The smallest absolute Gasteiger partial charge is 0.0718 e. The second-order valence-corrected chi connectivity index (χ2v) is 6.40. The molecule has 2 saturated heterocycles. The van der Waals surface area contributed by atoms with E-state index in [0.29, 0.717) is 24.0 Å². The van der Waals surface area contributed by atoms with E-state index >= 15 is 0 Å². The van der Waals surface area contributed by atoms with Crippen LogP contribution in [-0.4, -0.2) is 34.6 Å². The molecule has 2 rings (SSSR count). The van der Waals surface area contributed by atoms with Crippen LogP contribution in [0.4, 0.5) is 0 Å². The fourth-order valence-corrected chi connectivity index (χ4v) is 3.45. The van der Waals surface area contributed by atoms with Crippen molar-refractivity contribution in [2.24, 2.45) is 11.8 Å². The summed E-state index contributed by atoms with van der Waals surface area (Å²) in [5, 5.41) is 19.3. The zero-order valence-electron chi connectivity index (χ0n) is 13.3. The number of aliphatic hydroxyl groups is 2. The lowest BCUT2D eigenvalue weighted by Crippen LogP contribution is -2.25. The first-order valence-electron chi connectivity index (χ1n) is 8.50. The molecule has 0 aromatic heterocycles. The monoisotopic (exact) mass is 294 g/mol. The number of rotatable bonds is 8. The maximum Gasteiger partial charge on any atom is 0.0718 e. The molecule has 120 valence electrons.